The van der Waals surface area contributed by atoms with Crippen molar-refractivity contribution in [2.75, 3.05) is 74.9 Å². The van der Waals surface area contributed by atoms with Crippen molar-refractivity contribution in [2.45, 2.75) is 32.4 Å². The summed E-state index contributed by atoms with van der Waals surface area (Å²) in [6, 6.07) is 15.8. The van der Waals surface area contributed by atoms with Crippen molar-refractivity contribution in [3.63, 3.8) is 0 Å². The number of morpholine rings is 1. The van der Waals surface area contributed by atoms with E-state index in [0.29, 0.717) is 62.1 Å². The van der Waals surface area contributed by atoms with E-state index in [0.717, 1.165) is 69.5 Å². The molecule has 5 aromatic rings. The lowest BCUT2D eigenvalue weighted by Crippen LogP contribution is -2.39. The van der Waals surface area contributed by atoms with Crippen molar-refractivity contribution >= 4 is 54.7 Å². The standard InChI is InChI=1S/C37H40F2N6O5S2/c38-27-20-32(28(39)19-30(27)40-11-13-44-14-17-48-18-15-44)50-16-4-9-34-31(22-49-23-46)42-37(52-34)45-12-10-24-5-3-6-25(26(24)21-45)35(47)43-36-41-29-7-1-2-8-33(29)51-36/h1-3,5-8,19-20,40,46H,4,9-18,21-23H2,(H,41,43,47). The van der Waals surface area contributed by atoms with E-state index in [9.17, 15) is 18.7 Å². The first kappa shape index (κ1) is 36.1. The van der Waals surface area contributed by atoms with E-state index in [2.05, 4.69) is 31.5 Å². The number of amides is 1. The van der Waals surface area contributed by atoms with Gasteiger partial charge in [-0.05, 0) is 48.6 Å². The van der Waals surface area contributed by atoms with Gasteiger partial charge in [-0.1, -0.05) is 35.6 Å². The van der Waals surface area contributed by atoms with Crippen molar-refractivity contribution in [2.24, 2.45) is 0 Å². The van der Waals surface area contributed by atoms with Gasteiger partial charge in [0.1, 0.15) is 12.6 Å². The molecule has 2 aliphatic rings. The van der Waals surface area contributed by atoms with Gasteiger partial charge in [0.15, 0.2) is 21.8 Å². The average molecular weight is 751 g/mol. The van der Waals surface area contributed by atoms with Crippen molar-refractivity contribution in [3.8, 4) is 5.75 Å². The number of benzene rings is 3. The number of halogens is 2. The smallest absolute Gasteiger partial charge is 0.257 e. The van der Waals surface area contributed by atoms with Gasteiger partial charge < -0.3 is 29.5 Å². The molecule has 2 aromatic heterocycles. The number of hydrogen-bond donors (Lipinski definition) is 3. The Hall–Kier alpha value is -4.25. The zero-order valence-electron chi connectivity index (χ0n) is 28.5. The van der Waals surface area contributed by atoms with Crippen LogP contribution in [0.2, 0.25) is 0 Å². The number of fused-ring (bicyclic) bond motifs is 2. The highest BCUT2D eigenvalue weighted by atomic mass is 32.1. The first-order chi connectivity index (χ1) is 25.4. The Kier molecular flexibility index (Phi) is 11.8. The maximum Gasteiger partial charge on any atom is 0.257 e. The van der Waals surface area contributed by atoms with Crippen LogP contribution in [0.3, 0.4) is 0 Å². The van der Waals surface area contributed by atoms with Gasteiger partial charge in [0.25, 0.3) is 5.91 Å². The van der Waals surface area contributed by atoms with Crippen LogP contribution >= 0.6 is 22.7 Å². The Morgan fingerprint density at radius 1 is 1.02 bits per heavy atom. The number of anilines is 3. The zero-order valence-corrected chi connectivity index (χ0v) is 30.2. The number of hydrogen-bond acceptors (Lipinski definition) is 12. The lowest BCUT2D eigenvalue weighted by molar-refractivity contribution is -0.0125. The number of carbonyl (C=O) groups excluding carboxylic acids is 1. The van der Waals surface area contributed by atoms with Crippen molar-refractivity contribution in [1.82, 2.24) is 14.9 Å². The SMILES string of the molecule is O=C(Nc1nc2ccccc2s1)c1cccc2c1CN(c1nc(COCO)c(CCCOc3cc(F)c(NCCN4CCOCC4)cc3F)s1)CC2. The van der Waals surface area contributed by atoms with Gasteiger partial charge in [-0.15, -0.1) is 11.3 Å². The summed E-state index contributed by atoms with van der Waals surface area (Å²) in [6.45, 7) is 5.27. The lowest BCUT2D eigenvalue weighted by atomic mass is 9.94. The molecule has 0 spiro atoms. The van der Waals surface area contributed by atoms with E-state index in [-0.39, 0.29) is 30.6 Å². The summed E-state index contributed by atoms with van der Waals surface area (Å²) in [5.41, 5.74) is 4.30. The fraction of sp³-hybridized carbons (Fsp3) is 0.378. The van der Waals surface area contributed by atoms with Crippen LogP contribution in [0.5, 0.6) is 5.75 Å². The minimum Gasteiger partial charge on any atom is -0.490 e. The molecule has 1 amide bonds. The molecule has 0 radical (unpaired) electrons. The summed E-state index contributed by atoms with van der Waals surface area (Å²) in [4.78, 5) is 28.2. The molecule has 0 atom stereocenters. The number of aryl methyl sites for hydroxylation is 1. The number of aliphatic hydroxyl groups is 1. The van der Waals surface area contributed by atoms with Crippen LogP contribution in [0.25, 0.3) is 10.2 Å². The minimum atomic E-state index is -0.633. The quantitative estimate of drug-likeness (QED) is 0.0860. The number of nitrogens with zero attached hydrogens (tertiary/aromatic N) is 4. The minimum absolute atomic E-state index is 0.102. The Labute approximate surface area is 308 Å². The van der Waals surface area contributed by atoms with E-state index < -0.39 is 18.4 Å². The third-order valence-corrected chi connectivity index (χ3v) is 11.2. The molecule has 0 unspecified atom stereocenters. The van der Waals surface area contributed by atoms with Crippen LogP contribution in [-0.4, -0.2) is 85.2 Å². The molecule has 2 aliphatic heterocycles. The Morgan fingerprint density at radius 2 is 1.88 bits per heavy atom. The lowest BCUT2D eigenvalue weighted by Gasteiger charge is -2.29. The van der Waals surface area contributed by atoms with Crippen LogP contribution in [0.1, 0.15) is 38.5 Å². The molecule has 1 fully saturated rings. The van der Waals surface area contributed by atoms with E-state index in [1.54, 1.807) is 0 Å². The van der Waals surface area contributed by atoms with Crippen molar-refractivity contribution < 1.29 is 32.9 Å². The van der Waals surface area contributed by atoms with Crippen LogP contribution < -0.4 is 20.3 Å². The summed E-state index contributed by atoms with van der Waals surface area (Å²) in [7, 11) is 0. The number of thiazole rings is 2. The molecule has 52 heavy (non-hydrogen) atoms. The van der Waals surface area contributed by atoms with Crippen molar-refractivity contribution in [1.29, 1.82) is 0 Å². The van der Waals surface area contributed by atoms with Crippen molar-refractivity contribution in [3.05, 3.63) is 93.5 Å². The van der Waals surface area contributed by atoms with Gasteiger partial charge in [0, 0.05) is 61.8 Å². The maximum absolute atomic E-state index is 14.9. The fourth-order valence-electron chi connectivity index (χ4n) is 6.37. The molecule has 274 valence electrons. The molecule has 0 aliphatic carbocycles. The van der Waals surface area contributed by atoms with Gasteiger partial charge >= 0.3 is 0 Å². The number of ether oxygens (including phenoxy) is 3. The van der Waals surface area contributed by atoms with Crippen LogP contribution in [0.4, 0.5) is 24.7 Å². The Bertz CT molecular complexity index is 1970. The Morgan fingerprint density at radius 3 is 2.73 bits per heavy atom. The second-order valence-corrected chi connectivity index (χ2v) is 14.6. The summed E-state index contributed by atoms with van der Waals surface area (Å²) < 4.78 is 47.0. The van der Waals surface area contributed by atoms with Gasteiger partial charge in [0.2, 0.25) is 0 Å². The molecule has 15 heteroatoms. The molecule has 0 saturated carbocycles. The normalized spacial score (nSPS) is 14.8. The third kappa shape index (κ3) is 8.68. The van der Waals surface area contributed by atoms with Gasteiger partial charge in [-0.3, -0.25) is 15.0 Å². The highest BCUT2D eigenvalue weighted by molar-refractivity contribution is 7.22. The third-order valence-electron chi connectivity index (χ3n) is 9.07. The number of rotatable bonds is 15. The average Bonchev–Trinajstić information content (AvgIpc) is 3.77. The van der Waals surface area contributed by atoms with E-state index >= 15 is 0 Å². The van der Waals surface area contributed by atoms with Gasteiger partial charge in [-0.2, -0.15) is 0 Å². The van der Waals surface area contributed by atoms with Crippen LogP contribution in [0.15, 0.2) is 54.6 Å². The zero-order chi connectivity index (χ0) is 35.9. The molecule has 0 bridgehead atoms. The number of nitrogens with one attached hydrogen (secondary N) is 2. The monoisotopic (exact) mass is 750 g/mol. The number of aliphatic hydroxyl groups excluding tert-OH is 1. The van der Waals surface area contributed by atoms with Gasteiger partial charge in [0.05, 0.1) is 48.0 Å². The van der Waals surface area contributed by atoms with Crippen LogP contribution in [0, 0.1) is 11.6 Å². The molecule has 3 aromatic carbocycles. The van der Waals surface area contributed by atoms with E-state index in [1.807, 2.05) is 36.4 Å². The summed E-state index contributed by atoms with van der Waals surface area (Å²) in [5, 5.41) is 16.6. The Balaban J connectivity index is 0.968. The summed E-state index contributed by atoms with van der Waals surface area (Å²) in [6.07, 6.45) is 1.83. The molecule has 3 N–H and O–H groups in total. The number of aromatic nitrogens is 2. The largest absolute Gasteiger partial charge is 0.490 e. The molecule has 11 nitrogen and oxygen atoms in total. The first-order valence-corrected chi connectivity index (χ1v) is 18.9. The highest BCUT2D eigenvalue weighted by Crippen LogP contribution is 2.34. The predicted molar refractivity (Wildman–Crippen MR) is 199 cm³/mol. The predicted octanol–water partition coefficient (Wildman–Crippen LogP) is 6.07. The fourth-order valence-corrected chi connectivity index (χ4v) is 8.36. The number of para-hydroxylation sites is 1. The number of carbonyl (C=O) groups is 1. The molecular weight excluding hydrogens is 711 g/mol. The summed E-state index contributed by atoms with van der Waals surface area (Å²) in [5.74, 6) is -1.55. The second kappa shape index (κ2) is 17.1. The summed E-state index contributed by atoms with van der Waals surface area (Å²) >= 11 is 2.96. The maximum atomic E-state index is 14.9. The second-order valence-electron chi connectivity index (χ2n) is 12.5. The van der Waals surface area contributed by atoms with Gasteiger partial charge in [-0.25, -0.2) is 18.7 Å². The van der Waals surface area contributed by atoms with E-state index in [1.165, 1.54) is 22.7 Å². The topological polar surface area (TPSA) is 121 Å². The molecular formula is C37H40F2N6O5S2. The van der Waals surface area contributed by atoms with E-state index in [4.69, 9.17) is 19.2 Å². The first-order valence-electron chi connectivity index (χ1n) is 17.3. The molecule has 4 heterocycles. The molecule has 7 rings (SSSR count). The van der Waals surface area contributed by atoms with Crippen LogP contribution in [-0.2, 0) is 35.5 Å². The molecule has 1 saturated heterocycles. The highest BCUT2D eigenvalue weighted by Gasteiger charge is 2.26.